The highest BCUT2D eigenvalue weighted by atomic mass is 79.9. The van der Waals surface area contributed by atoms with Gasteiger partial charge in [0, 0.05) is 29.1 Å². The highest BCUT2D eigenvalue weighted by Crippen LogP contribution is 2.31. The zero-order valence-corrected chi connectivity index (χ0v) is 15.1. The average Bonchev–Trinajstić information content (AvgIpc) is 2.78. The second-order valence-electron chi connectivity index (χ2n) is 4.85. The summed E-state index contributed by atoms with van der Waals surface area (Å²) in [5.74, 6) is 0. The van der Waals surface area contributed by atoms with Crippen LogP contribution in [0.2, 0.25) is 0 Å². The van der Waals surface area contributed by atoms with E-state index in [1.165, 1.54) is 11.4 Å². The van der Waals surface area contributed by atoms with Gasteiger partial charge in [0.15, 0.2) is 0 Å². The van der Waals surface area contributed by atoms with Gasteiger partial charge >= 0.3 is 0 Å². The molecular formula is C12H16Br2N2O3S. The number of β-amino-alcohol motifs (C(OH)–C–C–N with tert-alkyl or cyclic N) is 1. The fourth-order valence-corrected chi connectivity index (χ4v) is 5.20. The molecule has 1 aliphatic rings. The zero-order chi connectivity index (χ0) is 15.1. The molecule has 2 rings (SSSR count). The van der Waals surface area contributed by atoms with Crippen molar-refractivity contribution in [1.82, 2.24) is 9.62 Å². The summed E-state index contributed by atoms with van der Waals surface area (Å²) in [7, 11) is -2.17. The lowest BCUT2D eigenvalue weighted by Crippen LogP contribution is -2.44. The van der Waals surface area contributed by atoms with E-state index in [0.29, 0.717) is 17.6 Å². The van der Waals surface area contributed by atoms with Crippen molar-refractivity contribution >= 4 is 41.9 Å². The van der Waals surface area contributed by atoms with Gasteiger partial charge in [-0.1, -0.05) is 15.9 Å². The van der Waals surface area contributed by atoms with Gasteiger partial charge in [0.05, 0.1) is 17.0 Å². The molecular weight excluding hydrogens is 412 g/mol. The Labute approximate surface area is 135 Å². The predicted octanol–water partition coefficient (Wildman–Crippen LogP) is 1.47. The molecule has 1 saturated heterocycles. The predicted molar refractivity (Wildman–Crippen MR) is 84.2 cm³/mol. The Morgan fingerprint density at radius 3 is 2.50 bits per heavy atom. The molecule has 1 heterocycles. The number of aryl methyl sites for hydroxylation is 1. The van der Waals surface area contributed by atoms with E-state index in [1.54, 1.807) is 12.1 Å². The highest BCUT2D eigenvalue weighted by Gasteiger charge is 2.36. The summed E-state index contributed by atoms with van der Waals surface area (Å²) in [6, 6.07) is 2.89. The zero-order valence-electron chi connectivity index (χ0n) is 11.1. The Hall–Kier alpha value is 0.01000. The number of benzene rings is 1. The maximum atomic E-state index is 12.7. The van der Waals surface area contributed by atoms with Crippen LogP contribution in [0, 0.1) is 6.92 Å². The number of hydrogen-bond acceptors (Lipinski definition) is 4. The van der Waals surface area contributed by atoms with Crippen molar-refractivity contribution in [3.63, 3.8) is 0 Å². The Kier molecular flexibility index (Phi) is 4.93. The van der Waals surface area contributed by atoms with E-state index in [1.807, 2.05) is 6.92 Å². The summed E-state index contributed by atoms with van der Waals surface area (Å²) in [5, 5.41) is 12.8. The first-order valence-corrected chi connectivity index (χ1v) is 9.10. The summed E-state index contributed by atoms with van der Waals surface area (Å²) in [6.07, 6.45) is -0.692. The molecule has 112 valence electrons. The quantitative estimate of drug-likeness (QED) is 0.766. The second kappa shape index (κ2) is 6.02. The molecule has 0 unspecified atom stereocenters. The van der Waals surface area contributed by atoms with Crippen molar-refractivity contribution in [2.75, 3.05) is 20.1 Å². The minimum Gasteiger partial charge on any atom is -0.390 e. The smallest absolute Gasteiger partial charge is 0.244 e. The average molecular weight is 428 g/mol. The minimum absolute atomic E-state index is 0.191. The van der Waals surface area contributed by atoms with Gasteiger partial charge < -0.3 is 10.4 Å². The molecule has 0 aliphatic carbocycles. The summed E-state index contributed by atoms with van der Waals surface area (Å²) in [4.78, 5) is 0.191. The lowest BCUT2D eigenvalue weighted by atomic mass is 10.2. The van der Waals surface area contributed by atoms with Crippen LogP contribution in [0.15, 0.2) is 26.0 Å². The number of nitrogens with zero attached hydrogens (tertiary/aromatic N) is 1. The first-order chi connectivity index (χ1) is 9.25. The lowest BCUT2D eigenvalue weighted by Gasteiger charge is -2.26. The van der Waals surface area contributed by atoms with Crippen molar-refractivity contribution in [3.05, 3.63) is 26.6 Å². The van der Waals surface area contributed by atoms with Gasteiger partial charge in [0.1, 0.15) is 0 Å². The molecule has 0 bridgehead atoms. The fraction of sp³-hybridized carbons (Fsp3) is 0.500. The largest absolute Gasteiger partial charge is 0.390 e. The van der Waals surface area contributed by atoms with Gasteiger partial charge in [-0.2, -0.15) is 4.31 Å². The van der Waals surface area contributed by atoms with E-state index in [9.17, 15) is 13.5 Å². The van der Waals surface area contributed by atoms with E-state index >= 15 is 0 Å². The number of aliphatic hydroxyl groups excluding tert-OH is 1. The first-order valence-electron chi connectivity index (χ1n) is 6.07. The number of likely N-dealkylation sites (N-methyl/N-ethyl adjacent to an activating group) is 1. The molecule has 1 aromatic rings. The first kappa shape index (κ1) is 16.4. The van der Waals surface area contributed by atoms with Crippen LogP contribution in [0.5, 0.6) is 0 Å². The molecule has 8 heteroatoms. The lowest BCUT2D eigenvalue weighted by molar-refractivity contribution is 0.136. The van der Waals surface area contributed by atoms with Gasteiger partial charge in [0.2, 0.25) is 10.0 Å². The molecule has 1 fully saturated rings. The summed E-state index contributed by atoms with van der Waals surface area (Å²) in [5.41, 5.74) is 0.945. The van der Waals surface area contributed by atoms with E-state index in [4.69, 9.17) is 0 Å². The van der Waals surface area contributed by atoms with Crippen LogP contribution in [0.1, 0.15) is 5.56 Å². The fourth-order valence-electron chi connectivity index (χ4n) is 2.18. The Bertz CT molecular complexity index is 621. The van der Waals surface area contributed by atoms with Crippen molar-refractivity contribution < 1.29 is 13.5 Å². The summed E-state index contributed by atoms with van der Waals surface area (Å²) in [6.45, 7) is 2.74. The van der Waals surface area contributed by atoms with E-state index in [-0.39, 0.29) is 4.90 Å². The molecule has 2 atom stereocenters. The monoisotopic (exact) mass is 426 g/mol. The van der Waals surface area contributed by atoms with E-state index in [0.717, 1.165) is 10.0 Å². The molecule has 0 aromatic heterocycles. The van der Waals surface area contributed by atoms with Gasteiger partial charge in [-0.3, -0.25) is 0 Å². The highest BCUT2D eigenvalue weighted by molar-refractivity contribution is 9.11. The molecule has 5 nitrogen and oxygen atoms in total. The number of hydrogen-bond donors (Lipinski definition) is 2. The molecule has 1 aromatic carbocycles. The number of rotatable bonds is 3. The summed E-state index contributed by atoms with van der Waals surface area (Å²) >= 11 is 6.66. The number of halogens is 2. The molecule has 1 aliphatic heterocycles. The molecule has 2 N–H and O–H groups in total. The van der Waals surface area contributed by atoms with Gasteiger partial charge in [-0.15, -0.1) is 0 Å². The standard InChI is InChI=1S/C12H16Br2N2O3S/c1-7-3-9(14)12(4-8(7)13)20(18,19)16(2)10-5-15-6-11(10)17/h3-4,10-11,15,17H,5-6H2,1-2H3/t10-,11-/m0/s1. The topological polar surface area (TPSA) is 69.6 Å². The van der Waals surface area contributed by atoms with Crippen LogP contribution in [0.4, 0.5) is 0 Å². The third kappa shape index (κ3) is 2.95. The van der Waals surface area contributed by atoms with Crippen molar-refractivity contribution in [2.24, 2.45) is 0 Å². The van der Waals surface area contributed by atoms with Crippen LogP contribution in [-0.4, -0.2) is 50.1 Å². The Morgan fingerprint density at radius 1 is 1.30 bits per heavy atom. The summed E-state index contributed by atoms with van der Waals surface area (Å²) < 4.78 is 27.9. The van der Waals surface area contributed by atoms with Gasteiger partial charge in [0.25, 0.3) is 0 Å². The Balaban J connectivity index is 2.42. The van der Waals surface area contributed by atoms with E-state index < -0.39 is 22.2 Å². The third-order valence-corrected chi connectivity index (χ3v) is 7.18. The third-order valence-electron chi connectivity index (χ3n) is 3.49. The Morgan fingerprint density at radius 2 is 1.95 bits per heavy atom. The molecule has 0 radical (unpaired) electrons. The van der Waals surface area contributed by atoms with Crippen molar-refractivity contribution in [1.29, 1.82) is 0 Å². The molecule has 0 spiro atoms. The maximum absolute atomic E-state index is 12.7. The number of sulfonamides is 1. The second-order valence-corrected chi connectivity index (χ2v) is 8.52. The molecule has 20 heavy (non-hydrogen) atoms. The normalized spacial score (nSPS) is 23.5. The van der Waals surface area contributed by atoms with E-state index in [2.05, 4.69) is 37.2 Å². The minimum atomic E-state index is -3.67. The van der Waals surface area contributed by atoms with Gasteiger partial charge in [-0.05, 0) is 40.5 Å². The van der Waals surface area contributed by atoms with Gasteiger partial charge in [-0.25, -0.2) is 8.42 Å². The van der Waals surface area contributed by atoms with Crippen LogP contribution in [-0.2, 0) is 10.0 Å². The van der Waals surface area contributed by atoms with Crippen LogP contribution in [0.3, 0.4) is 0 Å². The maximum Gasteiger partial charge on any atom is 0.244 e. The number of aliphatic hydroxyl groups is 1. The number of nitrogens with one attached hydrogen (secondary N) is 1. The van der Waals surface area contributed by atoms with Crippen molar-refractivity contribution in [2.45, 2.75) is 24.0 Å². The van der Waals surface area contributed by atoms with Crippen LogP contribution < -0.4 is 5.32 Å². The molecule has 0 saturated carbocycles. The molecule has 0 amide bonds. The van der Waals surface area contributed by atoms with Crippen molar-refractivity contribution in [3.8, 4) is 0 Å². The SMILES string of the molecule is Cc1cc(Br)c(S(=O)(=O)N(C)[C@H]2CNC[C@@H]2O)cc1Br. The van der Waals surface area contributed by atoms with Crippen LogP contribution in [0.25, 0.3) is 0 Å². The van der Waals surface area contributed by atoms with Crippen LogP contribution >= 0.6 is 31.9 Å².